The molecule has 6 rings (SSSR count). The zero-order valence-electron chi connectivity index (χ0n) is 30.5. The van der Waals surface area contributed by atoms with Gasteiger partial charge in [0.15, 0.2) is 8.32 Å². The van der Waals surface area contributed by atoms with Gasteiger partial charge in [0, 0.05) is 62.0 Å². The van der Waals surface area contributed by atoms with Crippen molar-refractivity contribution in [1.29, 1.82) is 5.26 Å². The first-order valence-electron chi connectivity index (χ1n) is 18.2. The highest BCUT2D eigenvalue weighted by Crippen LogP contribution is 2.37. The molecule has 50 heavy (non-hydrogen) atoms. The van der Waals surface area contributed by atoms with E-state index in [4.69, 9.17) is 19.1 Å². The summed E-state index contributed by atoms with van der Waals surface area (Å²) in [5.74, 6) is 0.724. The molecule has 10 nitrogen and oxygen atoms in total. The van der Waals surface area contributed by atoms with Crippen molar-refractivity contribution < 1.29 is 14.0 Å². The number of amides is 1. The molecule has 0 unspecified atom stereocenters. The molecule has 0 spiro atoms. The van der Waals surface area contributed by atoms with Gasteiger partial charge < -0.3 is 23.9 Å². The third-order valence-electron chi connectivity index (χ3n) is 11.2. The van der Waals surface area contributed by atoms with E-state index in [-0.39, 0.29) is 29.4 Å². The zero-order valence-corrected chi connectivity index (χ0v) is 31.5. The Kier molecular flexibility index (Phi) is 10.8. The van der Waals surface area contributed by atoms with Crippen LogP contribution in [0.25, 0.3) is 10.8 Å². The van der Waals surface area contributed by atoms with Crippen molar-refractivity contribution in [2.45, 2.75) is 83.2 Å². The van der Waals surface area contributed by atoms with Gasteiger partial charge in [-0.2, -0.15) is 15.2 Å². The van der Waals surface area contributed by atoms with Crippen molar-refractivity contribution in [2.75, 3.05) is 62.3 Å². The number of benzene rings is 2. The van der Waals surface area contributed by atoms with Gasteiger partial charge in [-0.3, -0.25) is 9.69 Å². The summed E-state index contributed by atoms with van der Waals surface area (Å²) >= 11 is 0. The van der Waals surface area contributed by atoms with Gasteiger partial charge in [0.25, 0.3) is 0 Å². The summed E-state index contributed by atoms with van der Waals surface area (Å²) in [6.07, 6.45) is 4.58. The highest BCUT2D eigenvalue weighted by atomic mass is 28.4. The zero-order chi connectivity index (χ0) is 35.5. The van der Waals surface area contributed by atoms with Crippen molar-refractivity contribution in [3.05, 3.63) is 66.4 Å². The van der Waals surface area contributed by atoms with Gasteiger partial charge in [-0.05, 0) is 61.5 Å². The molecular weight excluding hydrogens is 643 g/mol. The molecule has 0 bridgehead atoms. The summed E-state index contributed by atoms with van der Waals surface area (Å²) in [5, 5.41) is 12.3. The van der Waals surface area contributed by atoms with Gasteiger partial charge in [0.05, 0.1) is 30.8 Å². The van der Waals surface area contributed by atoms with E-state index in [1.807, 2.05) is 0 Å². The Balaban J connectivity index is 1.24. The number of carbonyl (C=O) groups is 1. The fourth-order valence-electron chi connectivity index (χ4n) is 7.32. The smallest absolute Gasteiger partial charge is 0.318 e. The Hall–Kier alpha value is -3.98. The van der Waals surface area contributed by atoms with E-state index in [2.05, 4.69) is 104 Å². The number of nitrogens with zero attached hydrogens (tertiary/aromatic N) is 7. The van der Waals surface area contributed by atoms with E-state index in [0.717, 1.165) is 62.6 Å². The highest BCUT2D eigenvalue weighted by molar-refractivity contribution is 6.74. The molecule has 266 valence electrons. The van der Waals surface area contributed by atoms with Crippen LogP contribution in [0.1, 0.15) is 51.3 Å². The fraction of sp³-hybridized carbons (Fsp3) is 0.538. The van der Waals surface area contributed by atoms with Crippen molar-refractivity contribution >= 4 is 36.5 Å². The lowest BCUT2D eigenvalue weighted by Gasteiger charge is -2.42. The van der Waals surface area contributed by atoms with Gasteiger partial charge in [-0.25, -0.2) is 0 Å². The maximum atomic E-state index is 12.7. The summed E-state index contributed by atoms with van der Waals surface area (Å²) in [6.45, 7) is 21.5. The molecule has 1 aromatic heterocycles. The Bertz CT molecular complexity index is 1730. The second-order valence-corrected chi connectivity index (χ2v) is 20.2. The first-order valence-corrected chi connectivity index (χ1v) is 21.1. The topological polar surface area (TPSA) is 98.1 Å². The van der Waals surface area contributed by atoms with Crippen LogP contribution in [0.5, 0.6) is 6.01 Å². The normalized spacial score (nSPS) is 20.1. The molecular formula is C39H53N7O3Si. The molecule has 0 saturated carbocycles. The van der Waals surface area contributed by atoms with Crippen molar-refractivity contribution in [3.63, 3.8) is 0 Å². The van der Waals surface area contributed by atoms with Crippen molar-refractivity contribution in [1.82, 2.24) is 19.8 Å². The number of aromatic nitrogens is 2. The van der Waals surface area contributed by atoms with E-state index in [0.29, 0.717) is 38.8 Å². The second-order valence-electron chi connectivity index (χ2n) is 15.4. The minimum absolute atomic E-state index is 0.139. The van der Waals surface area contributed by atoms with Crippen LogP contribution in [-0.2, 0) is 22.2 Å². The quantitative estimate of drug-likeness (QED) is 0.172. The number of carbonyl (C=O) groups excluding carboxylic acids is 1. The number of likely N-dealkylation sites (tertiary alicyclic amines) is 1. The van der Waals surface area contributed by atoms with Crippen molar-refractivity contribution in [2.24, 2.45) is 0 Å². The number of ether oxygens (including phenoxy) is 1. The Labute approximate surface area is 298 Å². The fourth-order valence-corrected chi connectivity index (χ4v) is 8.36. The first kappa shape index (κ1) is 35.8. The van der Waals surface area contributed by atoms with Crippen LogP contribution in [-0.4, -0.2) is 98.6 Å². The van der Waals surface area contributed by atoms with Gasteiger partial charge in [-0.15, -0.1) is 0 Å². The number of hydrogen-bond donors (Lipinski definition) is 0. The van der Waals surface area contributed by atoms with E-state index >= 15 is 0 Å². The van der Waals surface area contributed by atoms with E-state index < -0.39 is 8.32 Å². The number of anilines is 2. The Morgan fingerprint density at radius 3 is 2.64 bits per heavy atom. The average molecular weight is 696 g/mol. The van der Waals surface area contributed by atoms with Crippen LogP contribution in [0.15, 0.2) is 55.1 Å². The summed E-state index contributed by atoms with van der Waals surface area (Å²) in [6, 6.07) is 17.7. The van der Waals surface area contributed by atoms with Crippen molar-refractivity contribution in [3.8, 4) is 12.1 Å². The third kappa shape index (κ3) is 7.68. The molecule has 0 radical (unpaired) electrons. The predicted molar refractivity (Wildman–Crippen MR) is 202 cm³/mol. The molecule has 0 N–H and O–H groups in total. The van der Waals surface area contributed by atoms with Crippen LogP contribution in [0.2, 0.25) is 18.1 Å². The number of hydrogen-bond acceptors (Lipinski definition) is 9. The molecule has 4 heterocycles. The predicted octanol–water partition coefficient (Wildman–Crippen LogP) is 6.17. The standard InChI is InChI=1S/C39H53N7O3Si/c1-7-36(47)46-23-22-45(26-30(46)17-19-40)37-33-18-21-44(35-16-10-13-29-12-8-9-15-32(29)35)27-34(33)41-38(42-37)48-28-31-14-11-20-43(31)24-25-49-50(5,6)39(2,3)4/h7-10,12-13,15-16,30-31H,1,11,14,17-18,20-28H2,2-6H3/t30-,31+/m0/s1. The molecule has 2 saturated heterocycles. The summed E-state index contributed by atoms with van der Waals surface area (Å²) in [4.78, 5) is 31.7. The number of nitriles is 1. The Morgan fingerprint density at radius 1 is 1.06 bits per heavy atom. The summed E-state index contributed by atoms with van der Waals surface area (Å²) in [7, 11) is -1.81. The molecule has 1 amide bonds. The SMILES string of the molecule is C=CC(=O)N1CCN(c2nc(OC[C@H]3CCCN3CCO[Si](C)(C)C(C)(C)C)nc3c2CCN(c2cccc4ccccc24)C3)C[C@@H]1CC#N. The van der Waals surface area contributed by atoms with E-state index in [9.17, 15) is 10.1 Å². The first-order chi connectivity index (χ1) is 24.0. The molecule has 3 aromatic rings. The maximum Gasteiger partial charge on any atom is 0.318 e. The van der Waals surface area contributed by atoms with Crippen LogP contribution >= 0.6 is 0 Å². The van der Waals surface area contributed by atoms with Crippen LogP contribution in [0.4, 0.5) is 11.5 Å². The van der Waals surface area contributed by atoms with Crippen LogP contribution < -0.4 is 14.5 Å². The molecule has 3 aliphatic rings. The van der Waals surface area contributed by atoms with Crippen LogP contribution in [0, 0.1) is 11.3 Å². The Morgan fingerprint density at radius 2 is 1.86 bits per heavy atom. The lowest BCUT2D eigenvalue weighted by atomic mass is 10.0. The lowest BCUT2D eigenvalue weighted by molar-refractivity contribution is -0.128. The molecule has 0 aliphatic carbocycles. The molecule has 3 aliphatic heterocycles. The number of fused-ring (bicyclic) bond motifs is 2. The molecule has 2 atom stereocenters. The molecule has 11 heteroatoms. The van der Waals surface area contributed by atoms with Gasteiger partial charge in [0.1, 0.15) is 12.4 Å². The van der Waals surface area contributed by atoms with E-state index in [1.54, 1.807) is 4.90 Å². The number of piperazine rings is 1. The summed E-state index contributed by atoms with van der Waals surface area (Å²) in [5.41, 5.74) is 3.29. The molecule has 2 fully saturated rings. The minimum atomic E-state index is -1.81. The monoisotopic (exact) mass is 695 g/mol. The minimum Gasteiger partial charge on any atom is -0.462 e. The van der Waals surface area contributed by atoms with E-state index in [1.165, 1.54) is 22.5 Å². The van der Waals surface area contributed by atoms with Gasteiger partial charge in [-0.1, -0.05) is 63.7 Å². The van der Waals surface area contributed by atoms with Gasteiger partial charge in [0.2, 0.25) is 5.91 Å². The van der Waals surface area contributed by atoms with Gasteiger partial charge >= 0.3 is 6.01 Å². The highest BCUT2D eigenvalue weighted by Gasteiger charge is 2.38. The third-order valence-corrected chi connectivity index (χ3v) is 15.8. The second kappa shape index (κ2) is 15.1. The lowest BCUT2D eigenvalue weighted by Crippen LogP contribution is -2.55. The average Bonchev–Trinajstić information content (AvgIpc) is 3.56. The van der Waals surface area contributed by atoms with Crippen LogP contribution in [0.3, 0.4) is 0 Å². The largest absolute Gasteiger partial charge is 0.462 e. The molecule has 2 aromatic carbocycles. The maximum absolute atomic E-state index is 12.7. The number of rotatable bonds is 11. The summed E-state index contributed by atoms with van der Waals surface area (Å²) < 4.78 is 13.0.